The Morgan fingerprint density at radius 3 is 2.08 bits per heavy atom. The number of carbonyl (C=O) groups is 3. The molecule has 0 saturated carbocycles. The van der Waals surface area contributed by atoms with Crippen LogP contribution in [0.15, 0.2) is 0 Å². The van der Waals surface area contributed by atoms with Crippen LogP contribution in [0, 0.1) is 5.92 Å². The highest BCUT2D eigenvalue weighted by molar-refractivity contribution is 5.77. The van der Waals surface area contributed by atoms with Crippen molar-refractivity contribution in [1.82, 2.24) is 14.7 Å². The Balaban J connectivity index is 0.000000701. The van der Waals surface area contributed by atoms with Crippen molar-refractivity contribution in [1.29, 1.82) is 0 Å². The number of hydrogen-bond acceptors (Lipinski definition) is 5. The molecule has 1 unspecified atom stereocenters. The van der Waals surface area contributed by atoms with Crippen LogP contribution < -0.4 is 0 Å². The molecule has 0 spiro atoms. The van der Waals surface area contributed by atoms with E-state index in [-0.39, 0.29) is 18.8 Å². The Kier molecular flexibility index (Phi) is 7.64. The second kappa shape index (κ2) is 9.72. The van der Waals surface area contributed by atoms with E-state index in [4.69, 9.17) is 15.0 Å². The van der Waals surface area contributed by atoms with Crippen molar-refractivity contribution in [2.24, 2.45) is 5.92 Å². The van der Waals surface area contributed by atoms with E-state index in [9.17, 15) is 9.59 Å². The first-order chi connectivity index (χ1) is 12.0. The van der Waals surface area contributed by atoms with Crippen LogP contribution in [-0.4, -0.2) is 95.1 Å². The van der Waals surface area contributed by atoms with Crippen LogP contribution in [0.4, 0.5) is 0 Å². The van der Waals surface area contributed by atoms with E-state index in [2.05, 4.69) is 9.80 Å². The van der Waals surface area contributed by atoms with Crippen molar-refractivity contribution < 1.29 is 24.6 Å². The molecule has 8 nitrogen and oxygen atoms in total. The van der Waals surface area contributed by atoms with Gasteiger partial charge in [0.1, 0.15) is 0 Å². The normalized spacial score (nSPS) is 28.8. The molecule has 0 aromatic carbocycles. The predicted molar refractivity (Wildman–Crippen MR) is 91.3 cm³/mol. The van der Waals surface area contributed by atoms with Crippen molar-refractivity contribution in [3.63, 3.8) is 0 Å². The largest absolute Gasteiger partial charge is 0.483 e. The maximum Gasteiger partial charge on any atom is 0.303 e. The zero-order valence-electron chi connectivity index (χ0n) is 14.7. The Morgan fingerprint density at radius 1 is 1.00 bits per heavy atom. The van der Waals surface area contributed by atoms with Gasteiger partial charge in [-0.2, -0.15) is 0 Å². The van der Waals surface area contributed by atoms with Gasteiger partial charge < -0.3 is 20.0 Å². The summed E-state index contributed by atoms with van der Waals surface area (Å²) in [5.74, 6) is 0.151. The molecule has 8 heteroatoms. The van der Waals surface area contributed by atoms with Gasteiger partial charge in [-0.05, 0) is 38.3 Å². The molecule has 2 N–H and O–H groups in total. The van der Waals surface area contributed by atoms with E-state index < -0.39 is 5.97 Å². The lowest BCUT2D eigenvalue weighted by atomic mass is 9.83. The van der Waals surface area contributed by atoms with Gasteiger partial charge in [0.2, 0.25) is 5.91 Å². The van der Waals surface area contributed by atoms with Gasteiger partial charge in [0.15, 0.2) is 0 Å². The highest BCUT2D eigenvalue weighted by Gasteiger charge is 2.38. The number of piperidine rings is 3. The van der Waals surface area contributed by atoms with Gasteiger partial charge in [0.05, 0.1) is 0 Å². The molecule has 2 bridgehead atoms. The predicted octanol–water partition coefficient (Wildman–Crippen LogP) is 0.181. The molecule has 4 heterocycles. The van der Waals surface area contributed by atoms with Crippen LogP contribution in [-0.2, 0) is 14.4 Å². The summed E-state index contributed by atoms with van der Waals surface area (Å²) in [5.41, 5.74) is 0. The molecular weight excluding hydrogens is 326 g/mol. The first kappa shape index (κ1) is 19.7. The molecule has 4 rings (SSSR count). The Bertz CT molecular complexity index is 457. The van der Waals surface area contributed by atoms with E-state index in [1.165, 1.54) is 32.5 Å². The summed E-state index contributed by atoms with van der Waals surface area (Å²) < 4.78 is 0. The monoisotopic (exact) mass is 355 g/mol. The summed E-state index contributed by atoms with van der Waals surface area (Å²) in [7, 11) is 0. The van der Waals surface area contributed by atoms with Crippen LogP contribution in [0.25, 0.3) is 0 Å². The molecule has 0 radical (unpaired) electrons. The Labute approximate surface area is 148 Å². The second-order valence-corrected chi connectivity index (χ2v) is 6.97. The third kappa shape index (κ3) is 5.67. The summed E-state index contributed by atoms with van der Waals surface area (Å²) in [5, 5.41) is 15.5. The summed E-state index contributed by atoms with van der Waals surface area (Å²) in [6.07, 6.45) is 3.57. The van der Waals surface area contributed by atoms with Crippen LogP contribution in [0.1, 0.15) is 32.1 Å². The summed E-state index contributed by atoms with van der Waals surface area (Å²) >= 11 is 0. The first-order valence-electron chi connectivity index (χ1n) is 9.09. The summed E-state index contributed by atoms with van der Waals surface area (Å²) in [6.45, 7) is 7.03. The standard InChI is InChI=1S/C16H27N3O3.CH2O2/c20-15(2-1-3-16(21)22)19-10-8-18(9-11-19)14-12-17-6-4-13(14)5-7-17;2-1-3/h13-14H,1-12H2,(H,21,22);1H,(H,2,3). The van der Waals surface area contributed by atoms with Crippen molar-refractivity contribution >= 4 is 18.3 Å². The number of piperazine rings is 1. The van der Waals surface area contributed by atoms with Crippen LogP contribution in [0.3, 0.4) is 0 Å². The van der Waals surface area contributed by atoms with E-state index in [0.29, 0.717) is 18.9 Å². The van der Waals surface area contributed by atoms with E-state index >= 15 is 0 Å². The molecule has 0 aromatic rings. The van der Waals surface area contributed by atoms with Crippen LogP contribution in [0.5, 0.6) is 0 Å². The minimum atomic E-state index is -0.819. The highest BCUT2D eigenvalue weighted by Crippen LogP contribution is 2.31. The lowest BCUT2D eigenvalue weighted by Crippen LogP contribution is -2.61. The molecule has 4 aliphatic heterocycles. The second-order valence-electron chi connectivity index (χ2n) is 6.97. The Morgan fingerprint density at radius 2 is 1.60 bits per heavy atom. The SMILES string of the molecule is O=C(O)CCCC(=O)N1CCN(C2CN3CCC2CC3)CC1.O=CO. The molecule has 1 amide bonds. The van der Waals surface area contributed by atoms with Gasteiger partial charge in [0, 0.05) is 51.6 Å². The third-order valence-electron chi connectivity index (χ3n) is 5.54. The molecule has 142 valence electrons. The van der Waals surface area contributed by atoms with Crippen molar-refractivity contribution in [2.75, 3.05) is 45.8 Å². The number of aliphatic carboxylic acids is 1. The topological polar surface area (TPSA) is 101 Å². The quantitative estimate of drug-likeness (QED) is 0.678. The van der Waals surface area contributed by atoms with Crippen LogP contribution >= 0.6 is 0 Å². The maximum atomic E-state index is 12.1. The minimum absolute atomic E-state index is 0.0886. The summed E-state index contributed by atoms with van der Waals surface area (Å²) in [4.78, 5) is 38.0. The van der Waals surface area contributed by atoms with Gasteiger partial charge in [-0.15, -0.1) is 0 Å². The van der Waals surface area contributed by atoms with Gasteiger partial charge in [-0.25, -0.2) is 0 Å². The first-order valence-corrected chi connectivity index (χ1v) is 9.09. The van der Waals surface area contributed by atoms with Crippen LogP contribution in [0.2, 0.25) is 0 Å². The third-order valence-corrected chi connectivity index (χ3v) is 5.54. The lowest BCUT2D eigenvalue weighted by Gasteiger charge is -2.51. The van der Waals surface area contributed by atoms with Crippen molar-refractivity contribution in [3.05, 3.63) is 0 Å². The van der Waals surface area contributed by atoms with Gasteiger partial charge in [-0.1, -0.05) is 0 Å². The minimum Gasteiger partial charge on any atom is -0.483 e. The molecule has 4 fully saturated rings. The van der Waals surface area contributed by atoms with Crippen molar-refractivity contribution in [3.8, 4) is 0 Å². The molecule has 1 atom stereocenters. The number of hydrogen-bond donors (Lipinski definition) is 2. The fraction of sp³-hybridized carbons (Fsp3) is 0.824. The fourth-order valence-corrected chi connectivity index (χ4v) is 4.20. The van der Waals surface area contributed by atoms with E-state index in [1.54, 1.807) is 0 Å². The lowest BCUT2D eigenvalue weighted by molar-refractivity contribution is -0.137. The highest BCUT2D eigenvalue weighted by atomic mass is 16.4. The number of carbonyl (C=O) groups excluding carboxylic acids is 1. The summed E-state index contributed by atoms with van der Waals surface area (Å²) in [6, 6.07) is 0.687. The van der Waals surface area contributed by atoms with Crippen molar-refractivity contribution in [2.45, 2.75) is 38.1 Å². The zero-order chi connectivity index (χ0) is 18.2. The van der Waals surface area contributed by atoms with E-state index in [1.807, 2.05) is 4.90 Å². The van der Waals surface area contributed by atoms with Gasteiger partial charge in [-0.3, -0.25) is 19.3 Å². The smallest absolute Gasteiger partial charge is 0.303 e. The molecular formula is C17H29N3O5. The Hall–Kier alpha value is -1.67. The van der Waals surface area contributed by atoms with Gasteiger partial charge in [0.25, 0.3) is 6.47 Å². The molecule has 25 heavy (non-hydrogen) atoms. The van der Waals surface area contributed by atoms with Gasteiger partial charge >= 0.3 is 5.97 Å². The molecule has 0 aromatic heterocycles. The number of amides is 1. The number of rotatable bonds is 5. The average Bonchev–Trinajstić information content (AvgIpc) is 2.63. The average molecular weight is 355 g/mol. The number of carboxylic acids is 1. The zero-order valence-corrected chi connectivity index (χ0v) is 14.7. The maximum absolute atomic E-state index is 12.1. The fourth-order valence-electron chi connectivity index (χ4n) is 4.20. The molecule has 4 aliphatic rings. The molecule has 4 saturated heterocycles. The number of fused-ring (bicyclic) bond motifs is 3. The number of carboxylic acid groups (broad SMARTS) is 2. The number of nitrogens with zero attached hydrogens (tertiary/aromatic N) is 3. The molecule has 0 aliphatic carbocycles. The van der Waals surface area contributed by atoms with E-state index in [0.717, 1.165) is 32.1 Å².